The molecule has 0 spiro atoms. The van der Waals surface area contributed by atoms with Crippen molar-refractivity contribution < 1.29 is 25.2 Å². The molecule has 0 aromatic carbocycles. The van der Waals surface area contributed by atoms with Gasteiger partial charge in [-0.2, -0.15) is 0 Å². The average molecular weight is 844 g/mol. The largest absolute Gasteiger partial charge is 0.394 e. The van der Waals surface area contributed by atoms with E-state index in [0.717, 1.165) is 51.4 Å². The molecule has 6 heteroatoms. The molecule has 60 heavy (non-hydrogen) atoms. The molecule has 0 heterocycles. The second-order valence-electron chi connectivity index (χ2n) is 17.8. The smallest absolute Gasteiger partial charge is 0.249 e. The van der Waals surface area contributed by atoms with Crippen molar-refractivity contribution in [2.45, 2.75) is 282 Å². The highest BCUT2D eigenvalue weighted by Crippen LogP contribution is 2.16. The van der Waals surface area contributed by atoms with Crippen LogP contribution in [0.25, 0.3) is 0 Å². The normalized spacial score (nSPS) is 14.3. The third-order valence-electron chi connectivity index (χ3n) is 12.0. The van der Waals surface area contributed by atoms with Crippen molar-refractivity contribution in [3.05, 3.63) is 48.6 Å². The first-order valence-electron chi connectivity index (χ1n) is 26.0. The summed E-state index contributed by atoms with van der Waals surface area (Å²) in [7, 11) is 0. The van der Waals surface area contributed by atoms with Crippen LogP contribution in [-0.4, -0.2) is 57.3 Å². The van der Waals surface area contributed by atoms with Crippen LogP contribution in [0.2, 0.25) is 0 Å². The molecule has 0 bridgehead atoms. The Hall–Kier alpha value is -1.73. The highest BCUT2D eigenvalue weighted by molar-refractivity contribution is 5.80. The minimum atomic E-state index is -1.29. The van der Waals surface area contributed by atoms with Crippen LogP contribution in [0.5, 0.6) is 0 Å². The van der Waals surface area contributed by atoms with Gasteiger partial charge in [0.1, 0.15) is 12.2 Å². The number of carbonyl (C=O) groups excluding carboxylic acids is 1. The van der Waals surface area contributed by atoms with Crippen molar-refractivity contribution in [3.63, 3.8) is 0 Å². The van der Waals surface area contributed by atoms with Gasteiger partial charge in [-0.25, -0.2) is 0 Å². The summed E-state index contributed by atoms with van der Waals surface area (Å²) in [4.78, 5) is 12.6. The Morgan fingerprint density at radius 2 is 0.700 bits per heavy atom. The lowest BCUT2D eigenvalue weighted by atomic mass is 10.00. The number of hydrogen-bond acceptors (Lipinski definition) is 5. The van der Waals surface area contributed by atoms with Gasteiger partial charge in [-0.3, -0.25) is 4.79 Å². The van der Waals surface area contributed by atoms with Gasteiger partial charge in [0.15, 0.2) is 0 Å². The number of nitrogens with one attached hydrogen (secondary N) is 1. The monoisotopic (exact) mass is 844 g/mol. The molecule has 4 atom stereocenters. The van der Waals surface area contributed by atoms with Crippen molar-refractivity contribution >= 4 is 5.91 Å². The molecule has 4 unspecified atom stereocenters. The van der Waals surface area contributed by atoms with Crippen LogP contribution in [0.1, 0.15) is 258 Å². The predicted octanol–water partition coefficient (Wildman–Crippen LogP) is 14.6. The summed E-state index contributed by atoms with van der Waals surface area (Å²) in [6.45, 7) is 4.04. The lowest BCUT2D eigenvalue weighted by Gasteiger charge is -2.27. The van der Waals surface area contributed by atoms with Gasteiger partial charge >= 0.3 is 0 Å². The van der Waals surface area contributed by atoms with Crippen LogP contribution >= 0.6 is 0 Å². The molecule has 0 aromatic rings. The van der Waals surface area contributed by atoms with Crippen LogP contribution in [0, 0.1) is 0 Å². The van der Waals surface area contributed by atoms with Crippen LogP contribution in [-0.2, 0) is 4.79 Å². The minimum absolute atomic E-state index is 0.356. The zero-order valence-electron chi connectivity index (χ0n) is 39.7. The van der Waals surface area contributed by atoms with E-state index in [2.05, 4.69) is 67.8 Å². The van der Waals surface area contributed by atoms with Crippen molar-refractivity contribution in [2.24, 2.45) is 0 Å². The molecule has 5 N–H and O–H groups in total. The van der Waals surface area contributed by atoms with Crippen LogP contribution in [0.15, 0.2) is 48.6 Å². The van der Waals surface area contributed by atoms with E-state index in [1.807, 2.05) is 0 Å². The topological polar surface area (TPSA) is 110 Å². The summed E-state index contributed by atoms with van der Waals surface area (Å²) in [5, 5.41) is 43.8. The molecule has 0 aliphatic carbocycles. The van der Waals surface area contributed by atoms with Crippen molar-refractivity contribution in [2.75, 3.05) is 6.61 Å². The summed E-state index contributed by atoms with van der Waals surface area (Å²) in [6.07, 6.45) is 60.2. The second-order valence-corrected chi connectivity index (χ2v) is 17.8. The summed E-state index contributed by atoms with van der Waals surface area (Å²) in [6, 6.07) is -1.01. The summed E-state index contributed by atoms with van der Waals surface area (Å²) < 4.78 is 0. The van der Waals surface area contributed by atoms with Gasteiger partial charge in [0, 0.05) is 0 Å². The summed E-state index contributed by atoms with van der Waals surface area (Å²) in [5.41, 5.74) is 0. The van der Waals surface area contributed by atoms with Gasteiger partial charge in [-0.15, -0.1) is 0 Å². The maximum atomic E-state index is 12.6. The quantitative estimate of drug-likeness (QED) is 0.0310. The molecule has 6 nitrogen and oxygen atoms in total. The number of aliphatic hydroxyl groups is 4. The van der Waals surface area contributed by atoms with Gasteiger partial charge in [0.25, 0.3) is 0 Å². The Kier molecular flexibility index (Phi) is 46.9. The van der Waals surface area contributed by atoms with E-state index in [1.165, 1.54) is 173 Å². The Balaban J connectivity index is 3.72. The maximum absolute atomic E-state index is 12.6. The van der Waals surface area contributed by atoms with Gasteiger partial charge in [0.05, 0.1) is 18.8 Å². The first-order valence-corrected chi connectivity index (χ1v) is 26.0. The SMILES string of the molecule is CCCCCCC/C=C/CC/C=C/CC/C=C/CCCC(O)C(O)C(CO)NC(=O)C(O)CCCCCCCCCCCC/C=C\CCCCCCCCCCCCCC. The van der Waals surface area contributed by atoms with Crippen molar-refractivity contribution in [1.29, 1.82) is 0 Å². The first kappa shape index (κ1) is 58.3. The Morgan fingerprint density at radius 3 is 1.05 bits per heavy atom. The fourth-order valence-corrected chi connectivity index (χ4v) is 7.84. The van der Waals surface area contributed by atoms with Gasteiger partial charge in [-0.05, 0) is 89.9 Å². The lowest BCUT2D eigenvalue weighted by molar-refractivity contribution is -0.132. The number of allylic oxidation sites excluding steroid dienone is 8. The second kappa shape index (κ2) is 48.3. The number of carbonyl (C=O) groups is 1. The Labute approximate surface area is 372 Å². The van der Waals surface area contributed by atoms with E-state index in [-0.39, 0.29) is 0 Å². The molecule has 0 aliphatic rings. The fraction of sp³-hybridized carbons (Fsp3) is 0.833. The Bertz CT molecular complexity index is 993. The molecule has 0 aliphatic heterocycles. The third kappa shape index (κ3) is 41.6. The number of aliphatic hydroxyl groups excluding tert-OH is 4. The fourth-order valence-electron chi connectivity index (χ4n) is 7.84. The number of rotatable bonds is 47. The summed E-state index contributed by atoms with van der Waals surface area (Å²) >= 11 is 0. The molecule has 0 rings (SSSR count). The molecular weight excluding hydrogens is 743 g/mol. The van der Waals surface area contributed by atoms with E-state index >= 15 is 0 Å². The zero-order chi connectivity index (χ0) is 43.8. The Morgan fingerprint density at radius 1 is 0.400 bits per heavy atom. The molecule has 0 saturated carbocycles. The van der Waals surface area contributed by atoms with E-state index in [0.29, 0.717) is 19.3 Å². The van der Waals surface area contributed by atoms with Crippen molar-refractivity contribution in [3.8, 4) is 0 Å². The standard InChI is InChI=1S/C54H101NO5/c1-3-5-7-9-11-13-15-17-19-21-23-24-25-26-27-28-29-30-32-34-36-38-40-42-44-46-48-52(58)54(60)55-50(49-56)53(59)51(57)47-45-43-41-39-37-35-33-31-22-20-18-16-14-12-10-8-6-4-2/h16,18,26-27,31,33,39,41,50-53,56-59H,3-15,17,19-25,28-30,32,34-38,40,42-49H2,1-2H3,(H,55,60)/b18-16+,27-26-,33-31+,41-39+. The molecule has 1 amide bonds. The maximum Gasteiger partial charge on any atom is 0.249 e. The molecule has 0 aromatic heterocycles. The van der Waals surface area contributed by atoms with E-state index in [1.54, 1.807) is 0 Å². The van der Waals surface area contributed by atoms with Crippen LogP contribution in [0.3, 0.4) is 0 Å². The van der Waals surface area contributed by atoms with Crippen LogP contribution in [0.4, 0.5) is 0 Å². The number of unbranched alkanes of at least 4 members (excludes halogenated alkanes) is 30. The highest BCUT2D eigenvalue weighted by atomic mass is 16.3. The minimum Gasteiger partial charge on any atom is -0.394 e. The zero-order valence-corrected chi connectivity index (χ0v) is 39.7. The highest BCUT2D eigenvalue weighted by Gasteiger charge is 2.28. The van der Waals surface area contributed by atoms with Gasteiger partial charge in [-0.1, -0.05) is 217 Å². The third-order valence-corrected chi connectivity index (χ3v) is 12.0. The van der Waals surface area contributed by atoms with Gasteiger partial charge < -0.3 is 25.7 Å². The molecule has 0 fully saturated rings. The molecule has 352 valence electrons. The van der Waals surface area contributed by atoms with Gasteiger partial charge in [0.2, 0.25) is 5.91 Å². The van der Waals surface area contributed by atoms with Crippen molar-refractivity contribution in [1.82, 2.24) is 5.32 Å². The predicted molar refractivity (Wildman–Crippen MR) is 260 cm³/mol. The lowest BCUT2D eigenvalue weighted by Crippen LogP contribution is -2.53. The van der Waals surface area contributed by atoms with E-state index in [4.69, 9.17) is 0 Å². The van der Waals surface area contributed by atoms with E-state index < -0.39 is 36.9 Å². The average Bonchev–Trinajstić information content (AvgIpc) is 3.25. The number of hydrogen-bond donors (Lipinski definition) is 5. The molecule has 0 saturated heterocycles. The van der Waals surface area contributed by atoms with Crippen LogP contribution < -0.4 is 5.32 Å². The number of amides is 1. The summed E-state index contributed by atoms with van der Waals surface area (Å²) in [5.74, 6) is -0.600. The molecular formula is C54H101NO5. The first-order chi connectivity index (χ1) is 29.5. The van der Waals surface area contributed by atoms with E-state index in [9.17, 15) is 25.2 Å². The molecule has 0 radical (unpaired) electrons.